The normalized spacial score (nSPS) is 25.4. The van der Waals surface area contributed by atoms with Gasteiger partial charge in [0.15, 0.2) is 9.84 Å². The van der Waals surface area contributed by atoms with Crippen LogP contribution in [-0.2, 0) is 19.4 Å². The van der Waals surface area contributed by atoms with Crippen molar-refractivity contribution in [1.82, 2.24) is 19.8 Å². The van der Waals surface area contributed by atoms with Gasteiger partial charge in [0.2, 0.25) is 5.91 Å². The predicted molar refractivity (Wildman–Crippen MR) is 82.9 cm³/mol. The fraction of sp³-hybridized carbons (Fsp3) is 0.571. The summed E-state index contributed by atoms with van der Waals surface area (Å²) in [6.45, 7) is 0.411. The summed E-state index contributed by atoms with van der Waals surface area (Å²) >= 11 is 0. The van der Waals surface area contributed by atoms with E-state index in [2.05, 4.69) is 9.97 Å². The molecule has 0 saturated carbocycles. The van der Waals surface area contributed by atoms with Crippen LogP contribution < -0.4 is 0 Å². The molecular weight excluding hydrogens is 336 g/mol. The number of hydrogen-bond donors (Lipinski definition) is 0. The number of methoxy groups -OCH3 is 1. The zero-order chi connectivity index (χ0) is 17.3. The molecule has 0 bridgehead atoms. The molecule has 2 amide bonds. The number of carbonyl (C=O) groups is 2. The van der Waals surface area contributed by atoms with Crippen LogP contribution in [0.4, 0.5) is 0 Å². The lowest BCUT2D eigenvalue weighted by Crippen LogP contribution is -2.62. The monoisotopic (exact) mass is 354 g/mol. The first-order chi connectivity index (χ1) is 11.4. The summed E-state index contributed by atoms with van der Waals surface area (Å²) in [4.78, 5) is 35.7. The van der Waals surface area contributed by atoms with Gasteiger partial charge in [-0.1, -0.05) is 0 Å². The van der Waals surface area contributed by atoms with E-state index < -0.39 is 21.9 Å². The van der Waals surface area contributed by atoms with E-state index >= 15 is 0 Å². The summed E-state index contributed by atoms with van der Waals surface area (Å²) < 4.78 is 29.0. The molecule has 1 aromatic rings. The van der Waals surface area contributed by atoms with Crippen LogP contribution in [0, 0.1) is 0 Å². The highest BCUT2D eigenvalue weighted by molar-refractivity contribution is 7.91. The smallest absolute Gasteiger partial charge is 0.274 e. The molecule has 0 aliphatic carbocycles. The molecule has 0 radical (unpaired) electrons. The lowest BCUT2D eigenvalue weighted by atomic mass is 10.0. The summed E-state index contributed by atoms with van der Waals surface area (Å²) in [6, 6.07) is -1.12. The molecule has 3 heterocycles. The van der Waals surface area contributed by atoms with Gasteiger partial charge >= 0.3 is 0 Å². The van der Waals surface area contributed by atoms with Crippen molar-refractivity contribution in [1.29, 1.82) is 0 Å². The van der Waals surface area contributed by atoms with Crippen molar-refractivity contribution < 1.29 is 22.7 Å². The molecule has 2 aliphatic rings. The van der Waals surface area contributed by atoms with Crippen molar-refractivity contribution in [2.75, 3.05) is 38.3 Å². The molecule has 130 valence electrons. The van der Waals surface area contributed by atoms with Gasteiger partial charge in [-0.25, -0.2) is 13.4 Å². The second-order valence-electron chi connectivity index (χ2n) is 5.82. The molecule has 24 heavy (non-hydrogen) atoms. The number of rotatable bonds is 3. The van der Waals surface area contributed by atoms with Crippen molar-refractivity contribution in [2.45, 2.75) is 12.1 Å². The van der Waals surface area contributed by atoms with Crippen LogP contribution in [0.2, 0.25) is 0 Å². The fourth-order valence-electron chi connectivity index (χ4n) is 3.28. The zero-order valence-electron chi connectivity index (χ0n) is 13.2. The average molecular weight is 354 g/mol. The minimum absolute atomic E-state index is 0.110. The number of carbonyl (C=O) groups excluding carboxylic acids is 2. The van der Waals surface area contributed by atoms with Gasteiger partial charge in [0.25, 0.3) is 5.91 Å². The Kier molecular flexibility index (Phi) is 4.50. The van der Waals surface area contributed by atoms with Crippen molar-refractivity contribution >= 4 is 21.7 Å². The molecule has 2 atom stereocenters. The van der Waals surface area contributed by atoms with Crippen LogP contribution in [0.15, 0.2) is 18.6 Å². The fourth-order valence-corrected chi connectivity index (χ4v) is 5.26. The number of piperazine rings is 1. The zero-order valence-corrected chi connectivity index (χ0v) is 14.0. The molecule has 10 heteroatoms. The second kappa shape index (κ2) is 6.44. The molecule has 9 nitrogen and oxygen atoms in total. The van der Waals surface area contributed by atoms with Gasteiger partial charge in [0, 0.05) is 32.6 Å². The van der Waals surface area contributed by atoms with E-state index in [4.69, 9.17) is 4.74 Å². The molecular formula is C14H18N4O5S. The van der Waals surface area contributed by atoms with E-state index in [-0.39, 0.29) is 48.7 Å². The molecule has 3 rings (SSSR count). The van der Waals surface area contributed by atoms with E-state index in [1.165, 1.54) is 35.5 Å². The highest BCUT2D eigenvalue weighted by Gasteiger charge is 2.49. The first-order valence-electron chi connectivity index (χ1n) is 7.49. The molecule has 0 unspecified atom stereocenters. The first-order valence-corrected chi connectivity index (χ1v) is 9.31. The van der Waals surface area contributed by atoms with Crippen molar-refractivity contribution in [3.05, 3.63) is 24.3 Å². The van der Waals surface area contributed by atoms with E-state index in [1.807, 2.05) is 0 Å². The highest BCUT2D eigenvalue weighted by atomic mass is 32.2. The maximum atomic E-state index is 12.7. The Hall–Kier alpha value is -2.07. The number of nitrogens with zero attached hydrogens (tertiary/aromatic N) is 4. The number of fused-ring (bicyclic) bond motifs is 1. The van der Waals surface area contributed by atoms with Gasteiger partial charge in [0.05, 0.1) is 29.8 Å². The van der Waals surface area contributed by atoms with E-state index in [1.54, 1.807) is 0 Å². The van der Waals surface area contributed by atoms with Crippen molar-refractivity contribution in [3.8, 4) is 0 Å². The van der Waals surface area contributed by atoms with Crippen LogP contribution in [0.1, 0.15) is 10.5 Å². The van der Waals surface area contributed by atoms with E-state index in [0.29, 0.717) is 0 Å². The predicted octanol–water partition coefficient (Wildman–Crippen LogP) is -1.43. The lowest BCUT2D eigenvalue weighted by molar-refractivity contribution is -0.140. The Morgan fingerprint density at radius 3 is 2.50 bits per heavy atom. The van der Waals surface area contributed by atoms with Gasteiger partial charge in [-0.2, -0.15) is 0 Å². The molecule has 2 aliphatic heterocycles. The molecule has 0 N–H and O–H groups in total. The topological polar surface area (TPSA) is 110 Å². The van der Waals surface area contributed by atoms with Crippen LogP contribution in [0.3, 0.4) is 0 Å². The lowest BCUT2D eigenvalue weighted by Gasteiger charge is -2.43. The third kappa shape index (κ3) is 3.11. The maximum Gasteiger partial charge on any atom is 0.274 e. The standard InChI is InChI=1S/C14H18N4O5S/c1-23-7-13(19)17-4-5-18(12-9-24(21,22)8-11(12)17)14(20)10-6-15-2-3-16-10/h2-3,6,11-12H,4-5,7-9H2,1H3/t11-,12+/m1/s1. The maximum absolute atomic E-state index is 12.7. The largest absolute Gasteiger partial charge is 0.375 e. The Labute approximate surface area is 139 Å². The summed E-state index contributed by atoms with van der Waals surface area (Å²) in [7, 11) is -1.91. The van der Waals surface area contributed by atoms with Gasteiger partial charge < -0.3 is 14.5 Å². The van der Waals surface area contributed by atoms with Gasteiger partial charge in [0.1, 0.15) is 12.3 Å². The number of amides is 2. The van der Waals surface area contributed by atoms with E-state index in [0.717, 1.165) is 0 Å². The third-order valence-electron chi connectivity index (χ3n) is 4.31. The number of sulfone groups is 1. The van der Waals surface area contributed by atoms with Crippen LogP contribution >= 0.6 is 0 Å². The number of aromatic nitrogens is 2. The Morgan fingerprint density at radius 2 is 1.88 bits per heavy atom. The third-order valence-corrected chi connectivity index (χ3v) is 6.01. The quantitative estimate of drug-likeness (QED) is 0.655. The second-order valence-corrected chi connectivity index (χ2v) is 7.97. The van der Waals surface area contributed by atoms with Crippen LogP contribution in [0.5, 0.6) is 0 Å². The van der Waals surface area contributed by atoms with Crippen molar-refractivity contribution in [3.63, 3.8) is 0 Å². The Morgan fingerprint density at radius 1 is 1.21 bits per heavy atom. The van der Waals surface area contributed by atoms with Gasteiger partial charge in [-0.05, 0) is 0 Å². The minimum atomic E-state index is -3.32. The first kappa shape index (κ1) is 16.8. The Balaban J connectivity index is 1.87. The highest BCUT2D eigenvalue weighted by Crippen LogP contribution is 2.28. The van der Waals surface area contributed by atoms with Crippen molar-refractivity contribution in [2.24, 2.45) is 0 Å². The summed E-state index contributed by atoms with van der Waals surface area (Å²) in [5.41, 5.74) is 0.164. The Bertz CT molecular complexity index is 739. The van der Waals surface area contributed by atoms with Crippen LogP contribution in [0.25, 0.3) is 0 Å². The summed E-state index contributed by atoms with van der Waals surface area (Å²) in [5, 5.41) is 0. The summed E-state index contributed by atoms with van der Waals surface area (Å²) in [6.07, 6.45) is 4.22. The average Bonchev–Trinajstić information content (AvgIpc) is 2.89. The molecule has 2 fully saturated rings. The molecule has 2 saturated heterocycles. The number of hydrogen-bond acceptors (Lipinski definition) is 7. The molecule has 0 aromatic carbocycles. The number of ether oxygens (including phenoxy) is 1. The van der Waals surface area contributed by atoms with Gasteiger partial charge in [-0.3, -0.25) is 14.6 Å². The summed E-state index contributed by atoms with van der Waals surface area (Å²) in [5.74, 6) is -0.928. The molecule has 1 aromatic heterocycles. The van der Waals surface area contributed by atoms with E-state index in [9.17, 15) is 18.0 Å². The molecule has 0 spiro atoms. The van der Waals surface area contributed by atoms with Gasteiger partial charge in [-0.15, -0.1) is 0 Å². The minimum Gasteiger partial charge on any atom is -0.375 e. The SMILES string of the molecule is COCC(=O)N1CCN(C(=O)c2cnccn2)[C@H]2CS(=O)(=O)C[C@H]21. The van der Waals surface area contributed by atoms with Crippen LogP contribution in [-0.4, -0.2) is 90.4 Å².